The molecule has 1 N–H and O–H groups in total. The first-order valence-corrected chi connectivity index (χ1v) is 8.89. The SMILES string of the molecule is CCOc1ccc(C(=O)Nc2cc(CN(C)C)ccc2C)cc1OCC. The van der Waals surface area contributed by atoms with Crippen LogP contribution in [0.2, 0.25) is 0 Å². The van der Waals surface area contributed by atoms with Gasteiger partial charge in [0.2, 0.25) is 0 Å². The highest BCUT2D eigenvalue weighted by atomic mass is 16.5. The second-order valence-corrected chi connectivity index (χ2v) is 6.37. The van der Waals surface area contributed by atoms with E-state index in [4.69, 9.17) is 9.47 Å². The van der Waals surface area contributed by atoms with E-state index >= 15 is 0 Å². The molecule has 0 saturated carbocycles. The lowest BCUT2D eigenvalue weighted by Gasteiger charge is -2.15. The van der Waals surface area contributed by atoms with Crippen molar-refractivity contribution in [3.63, 3.8) is 0 Å². The number of carbonyl (C=O) groups excluding carboxylic acids is 1. The summed E-state index contributed by atoms with van der Waals surface area (Å²) in [5, 5.41) is 3.01. The zero-order valence-corrected chi connectivity index (χ0v) is 16.3. The van der Waals surface area contributed by atoms with Crippen molar-refractivity contribution in [2.45, 2.75) is 27.3 Å². The maximum absolute atomic E-state index is 12.7. The van der Waals surface area contributed by atoms with E-state index in [1.54, 1.807) is 18.2 Å². The summed E-state index contributed by atoms with van der Waals surface area (Å²) in [6.45, 7) is 7.68. The largest absolute Gasteiger partial charge is 0.490 e. The van der Waals surface area contributed by atoms with Crippen LogP contribution in [0.1, 0.15) is 35.3 Å². The second kappa shape index (κ2) is 9.25. The van der Waals surface area contributed by atoms with E-state index < -0.39 is 0 Å². The molecular weight excluding hydrogens is 328 g/mol. The number of carbonyl (C=O) groups is 1. The van der Waals surface area contributed by atoms with Crippen molar-refractivity contribution in [1.82, 2.24) is 4.90 Å². The van der Waals surface area contributed by atoms with Gasteiger partial charge in [-0.15, -0.1) is 0 Å². The molecule has 140 valence electrons. The predicted octanol–water partition coefficient (Wildman–Crippen LogP) is 4.11. The van der Waals surface area contributed by atoms with E-state index in [9.17, 15) is 4.79 Å². The Morgan fingerprint density at radius 1 is 1.00 bits per heavy atom. The Morgan fingerprint density at radius 2 is 1.69 bits per heavy atom. The third-order valence-corrected chi connectivity index (χ3v) is 3.85. The first kappa shape index (κ1) is 19.8. The van der Waals surface area contributed by atoms with Crippen LogP contribution in [-0.2, 0) is 6.54 Å². The summed E-state index contributed by atoms with van der Waals surface area (Å²) in [7, 11) is 4.04. The molecule has 0 aliphatic carbocycles. The molecule has 0 aliphatic rings. The van der Waals surface area contributed by atoms with Gasteiger partial charge in [-0.1, -0.05) is 12.1 Å². The Bertz CT molecular complexity index is 757. The Balaban J connectivity index is 2.23. The Labute approximate surface area is 155 Å². The van der Waals surface area contributed by atoms with Gasteiger partial charge in [-0.3, -0.25) is 4.79 Å². The molecule has 5 nitrogen and oxygen atoms in total. The second-order valence-electron chi connectivity index (χ2n) is 6.37. The van der Waals surface area contributed by atoms with E-state index in [-0.39, 0.29) is 5.91 Å². The van der Waals surface area contributed by atoms with Gasteiger partial charge in [-0.05, 0) is 70.3 Å². The minimum atomic E-state index is -0.167. The average molecular weight is 356 g/mol. The van der Waals surface area contributed by atoms with Crippen LogP contribution in [0, 0.1) is 6.92 Å². The normalized spacial score (nSPS) is 10.7. The van der Waals surface area contributed by atoms with Crippen molar-refractivity contribution in [2.24, 2.45) is 0 Å². The van der Waals surface area contributed by atoms with E-state index in [1.807, 2.05) is 47.0 Å². The van der Waals surface area contributed by atoms with Gasteiger partial charge in [-0.25, -0.2) is 0 Å². The topological polar surface area (TPSA) is 50.8 Å². The van der Waals surface area contributed by atoms with Crippen molar-refractivity contribution < 1.29 is 14.3 Å². The van der Waals surface area contributed by atoms with Crippen molar-refractivity contribution in [2.75, 3.05) is 32.6 Å². The van der Waals surface area contributed by atoms with Crippen molar-refractivity contribution in [3.05, 3.63) is 53.1 Å². The Hall–Kier alpha value is -2.53. The van der Waals surface area contributed by atoms with Gasteiger partial charge >= 0.3 is 0 Å². The fourth-order valence-electron chi connectivity index (χ4n) is 2.65. The number of rotatable bonds is 8. The van der Waals surface area contributed by atoms with Crippen LogP contribution >= 0.6 is 0 Å². The molecule has 0 fully saturated rings. The number of benzene rings is 2. The fourth-order valence-corrected chi connectivity index (χ4v) is 2.65. The predicted molar refractivity (Wildman–Crippen MR) is 105 cm³/mol. The highest BCUT2D eigenvalue weighted by molar-refractivity contribution is 6.05. The molecule has 0 radical (unpaired) electrons. The molecule has 0 aromatic heterocycles. The van der Waals surface area contributed by atoms with E-state index in [2.05, 4.69) is 16.3 Å². The molecule has 26 heavy (non-hydrogen) atoms. The molecule has 2 aromatic carbocycles. The number of hydrogen-bond donors (Lipinski definition) is 1. The highest BCUT2D eigenvalue weighted by Crippen LogP contribution is 2.29. The number of anilines is 1. The third kappa shape index (κ3) is 5.23. The molecule has 0 atom stereocenters. The Morgan fingerprint density at radius 3 is 2.35 bits per heavy atom. The number of amides is 1. The van der Waals surface area contributed by atoms with Crippen LogP contribution in [0.25, 0.3) is 0 Å². The summed E-state index contributed by atoms with van der Waals surface area (Å²) in [4.78, 5) is 14.8. The molecular formula is C21H28N2O3. The molecule has 2 aromatic rings. The monoisotopic (exact) mass is 356 g/mol. The molecule has 0 saturated heterocycles. The summed E-state index contributed by atoms with van der Waals surface area (Å²) < 4.78 is 11.2. The molecule has 0 aliphatic heterocycles. The Kier molecular flexibility index (Phi) is 7.04. The van der Waals surface area contributed by atoms with Gasteiger partial charge in [0, 0.05) is 17.8 Å². The van der Waals surface area contributed by atoms with Crippen molar-refractivity contribution >= 4 is 11.6 Å². The molecule has 2 rings (SSSR count). The van der Waals surface area contributed by atoms with Gasteiger partial charge in [-0.2, -0.15) is 0 Å². The first-order chi connectivity index (χ1) is 12.4. The number of aryl methyl sites for hydroxylation is 1. The number of ether oxygens (including phenoxy) is 2. The van der Waals surface area contributed by atoms with Crippen LogP contribution in [0.15, 0.2) is 36.4 Å². The lowest BCUT2D eigenvalue weighted by Crippen LogP contribution is -2.15. The third-order valence-electron chi connectivity index (χ3n) is 3.85. The maximum Gasteiger partial charge on any atom is 0.255 e. The summed E-state index contributed by atoms with van der Waals surface area (Å²) in [6.07, 6.45) is 0. The van der Waals surface area contributed by atoms with Crippen LogP contribution in [-0.4, -0.2) is 38.1 Å². The zero-order chi connectivity index (χ0) is 19.1. The number of nitrogens with one attached hydrogen (secondary N) is 1. The molecule has 0 spiro atoms. The van der Waals surface area contributed by atoms with Crippen LogP contribution in [0.5, 0.6) is 11.5 Å². The fraction of sp³-hybridized carbons (Fsp3) is 0.381. The molecule has 1 amide bonds. The minimum absolute atomic E-state index is 0.167. The molecule has 0 heterocycles. The van der Waals surface area contributed by atoms with Gasteiger partial charge in [0.25, 0.3) is 5.91 Å². The molecule has 0 bridgehead atoms. The first-order valence-electron chi connectivity index (χ1n) is 8.89. The average Bonchev–Trinajstić information content (AvgIpc) is 2.59. The number of hydrogen-bond acceptors (Lipinski definition) is 4. The molecule has 0 unspecified atom stereocenters. The lowest BCUT2D eigenvalue weighted by atomic mass is 10.1. The zero-order valence-electron chi connectivity index (χ0n) is 16.3. The van der Waals surface area contributed by atoms with E-state index in [0.29, 0.717) is 30.3 Å². The summed E-state index contributed by atoms with van der Waals surface area (Å²) in [6, 6.07) is 11.4. The summed E-state index contributed by atoms with van der Waals surface area (Å²) >= 11 is 0. The summed E-state index contributed by atoms with van der Waals surface area (Å²) in [5.41, 5.74) is 3.53. The van der Waals surface area contributed by atoms with Crippen LogP contribution in [0.3, 0.4) is 0 Å². The molecule has 5 heteroatoms. The minimum Gasteiger partial charge on any atom is -0.490 e. The van der Waals surface area contributed by atoms with Crippen LogP contribution in [0.4, 0.5) is 5.69 Å². The van der Waals surface area contributed by atoms with Crippen molar-refractivity contribution in [1.29, 1.82) is 0 Å². The van der Waals surface area contributed by atoms with E-state index in [0.717, 1.165) is 23.4 Å². The standard InChI is InChI=1S/C21H28N2O3/c1-6-25-19-11-10-17(13-20(19)26-7-2)21(24)22-18-12-16(14-23(4)5)9-8-15(18)3/h8-13H,6-7,14H2,1-5H3,(H,22,24). The van der Waals surface area contributed by atoms with Gasteiger partial charge in [0.1, 0.15) is 0 Å². The maximum atomic E-state index is 12.7. The lowest BCUT2D eigenvalue weighted by molar-refractivity contribution is 0.102. The van der Waals surface area contributed by atoms with E-state index in [1.165, 1.54) is 0 Å². The van der Waals surface area contributed by atoms with Crippen LogP contribution < -0.4 is 14.8 Å². The highest BCUT2D eigenvalue weighted by Gasteiger charge is 2.13. The number of nitrogens with zero attached hydrogens (tertiary/aromatic N) is 1. The van der Waals surface area contributed by atoms with Gasteiger partial charge in [0.05, 0.1) is 13.2 Å². The van der Waals surface area contributed by atoms with Gasteiger partial charge < -0.3 is 19.7 Å². The smallest absolute Gasteiger partial charge is 0.255 e. The van der Waals surface area contributed by atoms with Gasteiger partial charge in [0.15, 0.2) is 11.5 Å². The quantitative estimate of drug-likeness (QED) is 0.773. The van der Waals surface area contributed by atoms with Crippen molar-refractivity contribution in [3.8, 4) is 11.5 Å². The summed E-state index contributed by atoms with van der Waals surface area (Å²) in [5.74, 6) is 1.06.